The van der Waals surface area contributed by atoms with E-state index in [2.05, 4.69) is 20.8 Å². The van der Waals surface area contributed by atoms with Crippen LogP contribution in [0.5, 0.6) is 11.5 Å². The van der Waals surface area contributed by atoms with E-state index in [-0.39, 0.29) is 5.41 Å². The molecule has 0 amide bonds. The Hall–Kier alpha value is -1.18. The largest absolute Gasteiger partial charge is 0.508 e. The summed E-state index contributed by atoms with van der Waals surface area (Å²) in [7, 11) is 1.68. The lowest BCUT2D eigenvalue weighted by atomic mass is 9.79. The van der Waals surface area contributed by atoms with Crippen LogP contribution < -0.4 is 4.74 Å². The van der Waals surface area contributed by atoms with Crippen molar-refractivity contribution in [2.75, 3.05) is 7.11 Å². The third kappa shape index (κ3) is 3.65. The van der Waals surface area contributed by atoms with E-state index in [1.54, 1.807) is 13.2 Å². The number of ether oxygens (including phenoxy) is 1. The van der Waals surface area contributed by atoms with Gasteiger partial charge in [0.25, 0.3) is 0 Å². The molecular formula is C15H24O2. The minimum Gasteiger partial charge on any atom is -0.508 e. The summed E-state index contributed by atoms with van der Waals surface area (Å²) in [5.74, 6) is 1.17. The number of methoxy groups -OCH3 is 1. The highest BCUT2D eigenvalue weighted by atomic mass is 16.5. The molecule has 0 saturated heterocycles. The molecule has 2 heteroatoms. The average Bonchev–Trinajstić information content (AvgIpc) is 2.29. The molecule has 1 aromatic carbocycles. The van der Waals surface area contributed by atoms with Crippen molar-refractivity contribution in [3.8, 4) is 11.5 Å². The SMILES string of the molecule is CCCCCC(C)(C)c1cc(O)ccc1OC. The molecule has 0 aliphatic rings. The van der Waals surface area contributed by atoms with Crippen molar-refractivity contribution in [1.82, 2.24) is 0 Å². The van der Waals surface area contributed by atoms with Crippen LogP contribution in [-0.2, 0) is 5.41 Å². The fourth-order valence-electron chi connectivity index (χ4n) is 2.18. The normalized spacial score (nSPS) is 11.5. The molecule has 0 spiro atoms. The molecule has 0 atom stereocenters. The number of hydrogen-bond donors (Lipinski definition) is 1. The average molecular weight is 236 g/mol. The van der Waals surface area contributed by atoms with Gasteiger partial charge in [-0.25, -0.2) is 0 Å². The predicted molar refractivity (Wildman–Crippen MR) is 71.8 cm³/mol. The Balaban J connectivity index is 2.91. The number of unbranched alkanes of at least 4 members (excludes halogenated alkanes) is 2. The fourth-order valence-corrected chi connectivity index (χ4v) is 2.18. The molecular weight excluding hydrogens is 212 g/mol. The van der Waals surface area contributed by atoms with Gasteiger partial charge in [0, 0.05) is 5.56 Å². The van der Waals surface area contributed by atoms with Crippen LogP contribution in [0.15, 0.2) is 18.2 Å². The number of rotatable bonds is 6. The quantitative estimate of drug-likeness (QED) is 0.748. The first-order valence-electron chi connectivity index (χ1n) is 6.38. The van der Waals surface area contributed by atoms with Gasteiger partial charge < -0.3 is 9.84 Å². The third-order valence-corrected chi connectivity index (χ3v) is 3.32. The lowest BCUT2D eigenvalue weighted by Crippen LogP contribution is -2.18. The van der Waals surface area contributed by atoms with E-state index in [0.29, 0.717) is 5.75 Å². The van der Waals surface area contributed by atoms with Crippen LogP contribution in [0.3, 0.4) is 0 Å². The van der Waals surface area contributed by atoms with Crippen LogP contribution in [0.2, 0.25) is 0 Å². The molecule has 1 rings (SSSR count). The number of phenolic OH excluding ortho intramolecular Hbond substituents is 1. The summed E-state index contributed by atoms with van der Waals surface area (Å²) in [6, 6.07) is 5.33. The molecule has 96 valence electrons. The molecule has 0 radical (unpaired) electrons. The van der Waals surface area contributed by atoms with Gasteiger partial charge in [-0.15, -0.1) is 0 Å². The van der Waals surface area contributed by atoms with Crippen LogP contribution in [0, 0.1) is 0 Å². The van der Waals surface area contributed by atoms with E-state index in [1.165, 1.54) is 19.3 Å². The van der Waals surface area contributed by atoms with Crippen molar-refractivity contribution in [2.24, 2.45) is 0 Å². The van der Waals surface area contributed by atoms with E-state index in [9.17, 15) is 5.11 Å². The van der Waals surface area contributed by atoms with Crippen LogP contribution in [0.25, 0.3) is 0 Å². The van der Waals surface area contributed by atoms with Gasteiger partial charge in [0.1, 0.15) is 11.5 Å². The highest BCUT2D eigenvalue weighted by Gasteiger charge is 2.24. The first kappa shape index (κ1) is 13.9. The maximum atomic E-state index is 9.61. The molecule has 1 N–H and O–H groups in total. The summed E-state index contributed by atoms with van der Waals surface area (Å²) in [5, 5.41) is 9.61. The molecule has 0 aliphatic carbocycles. The van der Waals surface area contributed by atoms with Crippen molar-refractivity contribution < 1.29 is 9.84 Å². The highest BCUT2D eigenvalue weighted by molar-refractivity contribution is 5.43. The molecule has 0 unspecified atom stereocenters. The Morgan fingerprint density at radius 2 is 1.94 bits per heavy atom. The zero-order valence-electron chi connectivity index (χ0n) is 11.4. The van der Waals surface area contributed by atoms with E-state index in [4.69, 9.17) is 4.74 Å². The predicted octanol–water partition coefficient (Wildman–Crippen LogP) is 4.26. The lowest BCUT2D eigenvalue weighted by Gasteiger charge is -2.27. The molecule has 0 heterocycles. The minimum absolute atomic E-state index is 0.0409. The second-order valence-corrected chi connectivity index (χ2v) is 5.23. The summed E-state index contributed by atoms with van der Waals surface area (Å²) in [4.78, 5) is 0. The van der Waals surface area contributed by atoms with Crippen molar-refractivity contribution in [3.05, 3.63) is 23.8 Å². The first-order chi connectivity index (χ1) is 8.01. The molecule has 17 heavy (non-hydrogen) atoms. The number of hydrogen-bond acceptors (Lipinski definition) is 2. The summed E-state index contributed by atoms with van der Waals surface area (Å²) in [5.41, 5.74) is 1.13. The maximum Gasteiger partial charge on any atom is 0.122 e. The Bertz CT molecular complexity index is 356. The second-order valence-electron chi connectivity index (χ2n) is 5.23. The minimum atomic E-state index is 0.0409. The van der Waals surface area contributed by atoms with Crippen molar-refractivity contribution in [2.45, 2.75) is 51.9 Å². The van der Waals surface area contributed by atoms with Crippen molar-refractivity contribution in [1.29, 1.82) is 0 Å². The maximum absolute atomic E-state index is 9.61. The van der Waals surface area contributed by atoms with Gasteiger partial charge in [0.15, 0.2) is 0 Å². The van der Waals surface area contributed by atoms with Gasteiger partial charge in [0.2, 0.25) is 0 Å². The number of aromatic hydroxyl groups is 1. The zero-order valence-corrected chi connectivity index (χ0v) is 11.4. The summed E-state index contributed by atoms with van der Waals surface area (Å²) < 4.78 is 5.38. The van der Waals surface area contributed by atoms with Crippen LogP contribution in [0.4, 0.5) is 0 Å². The highest BCUT2D eigenvalue weighted by Crippen LogP contribution is 2.37. The monoisotopic (exact) mass is 236 g/mol. The third-order valence-electron chi connectivity index (χ3n) is 3.32. The molecule has 0 aromatic heterocycles. The van der Waals surface area contributed by atoms with Gasteiger partial charge in [-0.2, -0.15) is 0 Å². The summed E-state index contributed by atoms with van der Waals surface area (Å²) >= 11 is 0. The van der Waals surface area contributed by atoms with Gasteiger partial charge in [-0.3, -0.25) is 0 Å². The molecule has 1 aromatic rings. The Labute approximate surface area is 105 Å². The van der Waals surface area contributed by atoms with Crippen molar-refractivity contribution >= 4 is 0 Å². The Kier molecular flexibility index (Phi) is 4.86. The summed E-state index contributed by atoms with van der Waals surface area (Å²) in [6.07, 6.45) is 4.81. The smallest absolute Gasteiger partial charge is 0.122 e. The van der Waals surface area contributed by atoms with Gasteiger partial charge in [0.05, 0.1) is 7.11 Å². The second kappa shape index (κ2) is 5.95. The van der Waals surface area contributed by atoms with E-state index >= 15 is 0 Å². The zero-order chi connectivity index (χ0) is 12.9. The molecule has 0 fully saturated rings. The van der Waals surface area contributed by atoms with Gasteiger partial charge in [-0.05, 0) is 30.0 Å². The molecule has 2 nitrogen and oxygen atoms in total. The van der Waals surface area contributed by atoms with E-state index in [0.717, 1.165) is 17.7 Å². The molecule has 0 saturated carbocycles. The standard InChI is InChI=1S/C15H24O2/c1-5-6-7-10-15(2,3)13-11-12(16)8-9-14(13)17-4/h8-9,11,16H,5-7,10H2,1-4H3. The van der Waals surface area contributed by atoms with Crippen LogP contribution in [-0.4, -0.2) is 12.2 Å². The Morgan fingerprint density at radius 3 is 2.53 bits per heavy atom. The molecule has 0 aliphatic heterocycles. The lowest BCUT2D eigenvalue weighted by molar-refractivity contribution is 0.376. The van der Waals surface area contributed by atoms with Gasteiger partial charge in [-0.1, -0.05) is 40.0 Å². The summed E-state index contributed by atoms with van der Waals surface area (Å²) in [6.45, 7) is 6.63. The Morgan fingerprint density at radius 1 is 1.24 bits per heavy atom. The van der Waals surface area contributed by atoms with E-state index < -0.39 is 0 Å². The van der Waals surface area contributed by atoms with Crippen molar-refractivity contribution in [3.63, 3.8) is 0 Å². The number of phenols is 1. The topological polar surface area (TPSA) is 29.5 Å². The number of benzene rings is 1. The van der Waals surface area contributed by atoms with E-state index in [1.807, 2.05) is 12.1 Å². The van der Waals surface area contributed by atoms with Gasteiger partial charge >= 0.3 is 0 Å². The van der Waals surface area contributed by atoms with Crippen LogP contribution >= 0.6 is 0 Å². The first-order valence-corrected chi connectivity index (χ1v) is 6.38. The molecule has 0 bridgehead atoms. The fraction of sp³-hybridized carbons (Fsp3) is 0.600. The van der Waals surface area contributed by atoms with Crippen LogP contribution in [0.1, 0.15) is 52.0 Å².